The number of ether oxygens (including phenoxy) is 1. The van der Waals surface area contributed by atoms with Gasteiger partial charge in [0.25, 0.3) is 0 Å². The van der Waals surface area contributed by atoms with E-state index in [4.69, 9.17) is 4.74 Å². The standard InChI is InChI=1S/C14H16O6/c1-4-6-8-11(15)10(14(18)19)9(13(16)17)7(5-2)12(8)20-3/h4,15H,1,5-6H2,2-3H3,(H,16,17)(H,18,19). The van der Waals surface area contributed by atoms with Crippen molar-refractivity contribution >= 4 is 11.9 Å². The molecule has 20 heavy (non-hydrogen) atoms. The Hall–Kier alpha value is -2.50. The van der Waals surface area contributed by atoms with E-state index in [1.54, 1.807) is 6.92 Å². The second-order valence-corrected chi connectivity index (χ2v) is 4.05. The number of aromatic carboxylic acids is 2. The van der Waals surface area contributed by atoms with Gasteiger partial charge in [-0.15, -0.1) is 6.58 Å². The zero-order valence-corrected chi connectivity index (χ0v) is 11.3. The van der Waals surface area contributed by atoms with E-state index in [2.05, 4.69) is 6.58 Å². The van der Waals surface area contributed by atoms with Gasteiger partial charge in [-0.05, 0) is 12.8 Å². The number of carbonyl (C=O) groups is 2. The van der Waals surface area contributed by atoms with E-state index in [9.17, 15) is 24.9 Å². The van der Waals surface area contributed by atoms with Gasteiger partial charge in [0.2, 0.25) is 0 Å². The van der Waals surface area contributed by atoms with Crippen molar-refractivity contribution in [3.05, 3.63) is 34.9 Å². The van der Waals surface area contributed by atoms with Crippen LogP contribution in [0.1, 0.15) is 38.8 Å². The molecule has 6 nitrogen and oxygen atoms in total. The van der Waals surface area contributed by atoms with Crippen molar-refractivity contribution in [2.45, 2.75) is 19.8 Å². The van der Waals surface area contributed by atoms with Gasteiger partial charge in [-0.2, -0.15) is 0 Å². The first kappa shape index (κ1) is 15.6. The summed E-state index contributed by atoms with van der Waals surface area (Å²) in [5, 5.41) is 28.5. The van der Waals surface area contributed by atoms with E-state index in [1.165, 1.54) is 13.2 Å². The molecule has 0 bridgehead atoms. The molecule has 0 aliphatic heterocycles. The second-order valence-electron chi connectivity index (χ2n) is 4.05. The number of aromatic hydroxyl groups is 1. The molecule has 0 radical (unpaired) electrons. The lowest BCUT2D eigenvalue weighted by molar-refractivity contribution is 0.0646. The summed E-state index contributed by atoms with van der Waals surface area (Å²) in [6, 6.07) is 0. The van der Waals surface area contributed by atoms with Gasteiger partial charge in [0.1, 0.15) is 17.1 Å². The van der Waals surface area contributed by atoms with Crippen LogP contribution in [0.3, 0.4) is 0 Å². The fraction of sp³-hybridized carbons (Fsp3) is 0.286. The first-order valence-corrected chi connectivity index (χ1v) is 5.92. The quantitative estimate of drug-likeness (QED) is 0.689. The maximum Gasteiger partial charge on any atom is 0.340 e. The highest BCUT2D eigenvalue weighted by Gasteiger charge is 2.30. The highest BCUT2D eigenvalue weighted by Crippen LogP contribution is 2.39. The minimum Gasteiger partial charge on any atom is -0.507 e. The molecule has 0 aliphatic carbocycles. The zero-order valence-electron chi connectivity index (χ0n) is 11.3. The third-order valence-electron chi connectivity index (χ3n) is 2.96. The Balaban J connectivity index is 3.93. The summed E-state index contributed by atoms with van der Waals surface area (Å²) in [5.41, 5.74) is -0.594. The molecule has 1 aromatic rings. The van der Waals surface area contributed by atoms with E-state index in [0.717, 1.165) is 0 Å². The number of hydrogen-bond acceptors (Lipinski definition) is 4. The van der Waals surface area contributed by atoms with Gasteiger partial charge < -0.3 is 20.1 Å². The van der Waals surface area contributed by atoms with Gasteiger partial charge >= 0.3 is 11.9 Å². The normalized spacial score (nSPS) is 10.1. The molecular formula is C14H16O6. The Bertz CT molecular complexity index is 574. The Labute approximate surface area is 115 Å². The molecule has 0 saturated carbocycles. The van der Waals surface area contributed by atoms with Crippen molar-refractivity contribution in [1.29, 1.82) is 0 Å². The van der Waals surface area contributed by atoms with Crippen LogP contribution in [0.4, 0.5) is 0 Å². The van der Waals surface area contributed by atoms with Gasteiger partial charge in [0.15, 0.2) is 0 Å². The first-order valence-electron chi connectivity index (χ1n) is 5.92. The monoisotopic (exact) mass is 280 g/mol. The number of carboxylic acid groups (broad SMARTS) is 2. The van der Waals surface area contributed by atoms with Gasteiger partial charge in [0.05, 0.1) is 12.7 Å². The molecule has 0 amide bonds. The number of hydrogen-bond donors (Lipinski definition) is 3. The maximum absolute atomic E-state index is 11.3. The molecule has 0 aliphatic rings. The largest absolute Gasteiger partial charge is 0.507 e. The van der Waals surface area contributed by atoms with Crippen molar-refractivity contribution in [3.8, 4) is 11.5 Å². The predicted octanol–water partition coefficient (Wildman–Crippen LogP) is 2.09. The van der Waals surface area contributed by atoms with Crippen LogP contribution in [0.25, 0.3) is 0 Å². The number of methoxy groups -OCH3 is 1. The van der Waals surface area contributed by atoms with E-state index in [1.807, 2.05) is 0 Å². The highest BCUT2D eigenvalue weighted by molar-refractivity contribution is 6.06. The molecule has 0 fully saturated rings. The van der Waals surface area contributed by atoms with Crippen LogP contribution in [-0.4, -0.2) is 34.4 Å². The number of phenols is 1. The van der Waals surface area contributed by atoms with Crippen molar-refractivity contribution < 1.29 is 29.6 Å². The molecule has 0 heterocycles. The SMILES string of the molecule is C=CCc1c(O)c(C(=O)O)c(C(=O)O)c(CC)c1OC. The van der Waals surface area contributed by atoms with Gasteiger partial charge in [-0.25, -0.2) is 9.59 Å². The molecule has 0 saturated heterocycles. The van der Waals surface area contributed by atoms with Crippen molar-refractivity contribution in [2.24, 2.45) is 0 Å². The van der Waals surface area contributed by atoms with Crippen LogP contribution in [0.2, 0.25) is 0 Å². The van der Waals surface area contributed by atoms with Crippen molar-refractivity contribution in [3.63, 3.8) is 0 Å². The fourth-order valence-corrected chi connectivity index (χ4v) is 2.19. The summed E-state index contributed by atoms with van der Waals surface area (Å²) in [4.78, 5) is 22.6. The molecule has 1 rings (SSSR count). The van der Waals surface area contributed by atoms with Crippen molar-refractivity contribution in [1.82, 2.24) is 0 Å². The lowest BCUT2D eigenvalue weighted by Gasteiger charge is -2.18. The molecule has 3 N–H and O–H groups in total. The molecular weight excluding hydrogens is 264 g/mol. The topological polar surface area (TPSA) is 104 Å². The predicted molar refractivity (Wildman–Crippen MR) is 71.9 cm³/mol. The maximum atomic E-state index is 11.3. The van der Waals surface area contributed by atoms with Crippen LogP contribution in [0.5, 0.6) is 11.5 Å². The summed E-state index contributed by atoms with van der Waals surface area (Å²) >= 11 is 0. The Morgan fingerprint density at radius 2 is 1.75 bits per heavy atom. The molecule has 0 spiro atoms. The second kappa shape index (κ2) is 6.10. The number of benzene rings is 1. The van der Waals surface area contributed by atoms with Gasteiger partial charge in [-0.3, -0.25) is 0 Å². The minimum atomic E-state index is -1.50. The third-order valence-corrected chi connectivity index (χ3v) is 2.96. The van der Waals surface area contributed by atoms with Crippen molar-refractivity contribution in [2.75, 3.05) is 7.11 Å². The van der Waals surface area contributed by atoms with E-state index >= 15 is 0 Å². The van der Waals surface area contributed by atoms with Crippen LogP contribution < -0.4 is 4.74 Å². The number of carboxylic acids is 2. The van der Waals surface area contributed by atoms with Gasteiger partial charge in [0, 0.05) is 11.1 Å². The van der Waals surface area contributed by atoms with Gasteiger partial charge in [-0.1, -0.05) is 13.0 Å². The van der Waals surface area contributed by atoms with Crippen LogP contribution >= 0.6 is 0 Å². The summed E-state index contributed by atoms with van der Waals surface area (Å²) in [7, 11) is 1.34. The summed E-state index contributed by atoms with van der Waals surface area (Å²) < 4.78 is 5.16. The molecule has 108 valence electrons. The van der Waals surface area contributed by atoms with E-state index in [0.29, 0.717) is 0 Å². The van der Waals surface area contributed by atoms with Crippen LogP contribution in [0, 0.1) is 0 Å². The number of allylic oxidation sites excluding steroid dienone is 1. The zero-order chi connectivity index (χ0) is 15.4. The first-order chi connectivity index (χ1) is 9.40. The molecule has 0 atom stereocenters. The molecule has 0 aromatic heterocycles. The average Bonchev–Trinajstić information content (AvgIpc) is 2.39. The lowest BCUT2D eigenvalue weighted by atomic mass is 9.92. The molecule has 1 aromatic carbocycles. The highest BCUT2D eigenvalue weighted by atomic mass is 16.5. The summed E-state index contributed by atoms with van der Waals surface area (Å²) in [6.07, 6.45) is 1.90. The number of rotatable bonds is 6. The Morgan fingerprint density at radius 3 is 2.10 bits per heavy atom. The molecule has 6 heteroatoms. The van der Waals surface area contributed by atoms with Crippen LogP contribution in [-0.2, 0) is 12.8 Å². The Morgan fingerprint density at radius 1 is 1.20 bits per heavy atom. The van der Waals surface area contributed by atoms with E-state index in [-0.39, 0.29) is 29.7 Å². The van der Waals surface area contributed by atoms with E-state index < -0.39 is 28.8 Å². The summed E-state index contributed by atoms with van der Waals surface area (Å²) in [5.74, 6) is -3.32. The Kier molecular flexibility index (Phi) is 4.74. The molecule has 0 unspecified atom stereocenters. The smallest absolute Gasteiger partial charge is 0.340 e. The lowest BCUT2D eigenvalue weighted by Crippen LogP contribution is -2.15. The minimum absolute atomic E-state index is 0.169. The summed E-state index contributed by atoms with van der Waals surface area (Å²) in [6.45, 7) is 5.21. The van der Waals surface area contributed by atoms with Crippen LogP contribution in [0.15, 0.2) is 12.7 Å². The average molecular weight is 280 g/mol. The third kappa shape index (κ3) is 2.45. The fourth-order valence-electron chi connectivity index (χ4n) is 2.19.